The summed E-state index contributed by atoms with van der Waals surface area (Å²) in [4.78, 5) is 22.3. The fraction of sp³-hybridized carbons (Fsp3) is 0.267. The van der Waals surface area contributed by atoms with Crippen LogP contribution in [0.25, 0.3) is 0 Å². The number of pyridine rings is 2. The lowest BCUT2D eigenvalue weighted by Crippen LogP contribution is -2.26. The molecule has 21 heavy (non-hydrogen) atoms. The number of rotatable bonds is 5. The van der Waals surface area contributed by atoms with Crippen molar-refractivity contribution in [2.45, 2.75) is 13.5 Å². The summed E-state index contributed by atoms with van der Waals surface area (Å²) in [5, 5.41) is 3.47. The van der Waals surface area contributed by atoms with Gasteiger partial charge in [-0.3, -0.25) is 9.78 Å². The van der Waals surface area contributed by atoms with E-state index < -0.39 is 0 Å². The highest BCUT2D eigenvalue weighted by Crippen LogP contribution is 2.20. The number of anilines is 1. The summed E-state index contributed by atoms with van der Waals surface area (Å²) < 4.78 is 0. The number of nitrogens with one attached hydrogen (secondary N) is 1. The number of carbonyl (C=O) groups is 1. The maximum absolute atomic E-state index is 12.3. The molecule has 1 amide bonds. The first kappa shape index (κ1) is 15.3. The Hall–Kier alpha value is -2.14. The minimum atomic E-state index is -0.141. The standard InChI is InChI=1S/C15H17ClN4O/c1-3-17-14-13(16)8-11(9-19-14)15(21)20(2)10-12-6-4-5-7-18-12/h4-9H,3,10H2,1-2H3,(H,17,19). The Morgan fingerprint density at radius 3 is 2.81 bits per heavy atom. The monoisotopic (exact) mass is 304 g/mol. The van der Waals surface area contributed by atoms with Gasteiger partial charge in [0.05, 0.1) is 22.8 Å². The van der Waals surface area contributed by atoms with Crippen LogP contribution < -0.4 is 5.32 Å². The molecule has 6 heteroatoms. The third kappa shape index (κ3) is 3.92. The van der Waals surface area contributed by atoms with Gasteiger partial charge in [-0.2, -0.15) is 0 Å². The van der Waals surface area contributed by atoms with Crippen LogP contribution in [-0.2, 0) is 6.54 Å². The van der Waals surface area contributed by atoms with Gasteiger partial charge in [-0.1, -0.05) is 17.7 Å². The van der Waals surface area contributed by atoms with Crippen LogP contribution in [0.5, 0.6) is 0 Å². The molecule has 0 aliphatic heterocycles. The summed E-state index contributed by atoms with van der Waals surface area (Å²) in [6.07, 6.45) is 3.23. The van der Waals surface area contributed by atoms with E-state index in [4.69, 9.17) is 11.6 Å². The molecule has 2 rings (SSSR count). The lowest BCUT2D eigenvalue weighted by Gasteiger charge is -2.17. The minimum absolute atomic E-state index is 0.141. The van der Waals surface area contributed by atoms with Gasteiger partial charge in [0.15, 0.2) is 0 Å². The molecule has 110 valence electrons. The predicted molar refractivity (Wildman–Crippen MR) is 83.4 cm³/mol. The highest BCUT2D eigenvalue weighted by Gasteiger charge is 2.14. The summed E-state index contributed by atoms with van der Waals surface area (Å²) in [6.45, 7) is 3.11. The molecular weight excluding hydrogens is 288 g/mol. The molecule has 0 saturated heterocycles. The van der Waals surface area contributed by atoms with Crippen molar-refractivity contribution in [3.05, 3.63) is 52.9 Å². The van der Waals surface area contributed by atoms with E-state index in [0.29, 0.717) is 22.9 Å². The summed E-state index contributed by atoms with van der Waals surface area (Å²) >= 11 is 6.11. The molecule has 0 atom stereocenters. The molecule has 0 aromatic carbocycles. The number of amides is 1. The van der Waals surface area contributed by atoms with Crippen molar-refractivity contribution in [2.75, 3.05) is 18.9 Å². The first-order valence-corrected chi connectivity index (χ1v) is 7.04. The molecule has 0 unspecified atom stereocenters. The van der Waals surface area contributed by atoms with E-state index in [0.717, 1.165) is 12.2 Å². The van der Waals surface area contributed by atoms with Crippen LogP contribution in [0.2, 0.25) is 5.02 Å². The van der Waals surface area contributed by atoms with Crippen molar-refractivity contribution in [3.8, 4) is 0 Å². The summed E-state index contributed by atoms with van der Waals surface area (Å²) in [5.74, 6) is 0.446. The summed E-state index contributed by atoms with van der Waals surface area (Å²) in [7, 11) is 1.73. The van der Waals surface area contributed by atoms with Crippen molar-refractivity contribution in [1.82, 2.24) is 14.9 Å². The predicted octanol–water partition coefficient (Wildman–Crippen LogP) is 2.83. The van der Waals surface area contributed by atoms with Crippen LogP contribution in [0.3, 0.4) is 0 Å². The van der Waals surface area contributed by atoms with Crippen LogP contribution >= 0.6 is 11.6 Å². The van der Waals surface area contributed by atoms with Crippen LogP contribution in [0, 0.1) is 0 Å². The van der Waals surface area contributed by atoms with Gasteiger partial charge in [0.1, 0.15) is 5.82 Å². The fourth-order valence-electron chi connectivity index (χ4n) is 1.88. The molecule has 0 radical (unpaired) electrons. The Morgan fingerprint density at radius 1 is 1.38 bits per heavy atom. The highest BCUT2D eigenvalue weighted by atomic mass is 35.5. The SMILES string of the molecule is CCNc1ncc(C(=O)N(C)Cc2ccccn2)cc1Cl. The van der Waals surface area contributed by atoms with Crippen LogP contribution in [-0.4, -0.2) is 34.4 Å². The van der Waals surface area contributed by atoms with Crippen LogP contribution in [0.15, 0.2) is 36.7 Å². The normalized spacial score (nSPS) is 10.2. The molecular formula is C15H17ClN4O. The Labute approximate surface area is 129 Å². The summed E-state index contributed by atoms with van der Waals surface area (Å²) in [6, 6.07) is 7.24. The molecule has 0 bridgehead atoms. The zero-order chi connectivity index (χ0) is 15.2. The van der Waals surface area contributed by atoms with E-state index >= 15 is 0 Å². The Bertz CT molecular complexity index is 618. The number of aromatic nitrogens is 2. The molecule has 0 saturated carbocycles. The number of hydrogen-bond donors (Lipinski definition) is 1. The largest absolute Gasteiger partial charge is 0.369 e. The van der Waals surface area contributed by atoms with E-state index in [1.807, 2.05) is 25.1 Å². The van der Waals surface area contributed by atoms with Gasteiger partial charge >= 0.3 is 0 Å². The lowest BCUT2D eigenvalue weighted by atomic mass is 10.2. The second kappa shape index (κ2) is 7.04. The molecule has 0 aliphatic carbocycles. The van der Waals surface area contributed by atoms with Gasteiger partial charge in [-0.25, -0.2) is 4.98 Å². The molecule has 1 N–H and O–H groups in total. The molecule has 0 spiro atoms. The van der Waals surface area contributed by atoms with E-state index in [9.17, 15) is 4.79 Å². The third-order valence-corrected chi connectivity index (χ3v) is 3.19. The molecule has 0 aliphatic rings. The van der Waals surface area contributed by atoms with Gasteiger partial charge in [-0.15, -0.1) is 0 Å². The number of carbonyl (C=O) groups excluding carboxylic acids is 1. The Morgan fingerprint density at radius 2 is 2.19 bits per heavy atom. The van der Waals surface area contributed by atoms with Gasteiger partial charge < -0.3 is 10.2 Å². The van der Waals surface area contributed by atoms with E-state index in [1.165, 1.54) is 6.20 Å². The van der Waals surface area contributed by atoms with Crippen molar-refractivity contribution in [1.29, 1.82) is 0 Å². The van der Waals surface area contributed by atoms with Gasteiger partial charge in [0.25, 0.3) is 5.91 Å². The van der Waals surface area contributed by atoms with Gasteiger partial charge in [-0.05, 0) is 25.1 Å². The van der Waals surface area contributed by atoms with Crippen molar-refractivity contribution >= 4 is 23.3 Å². The molecule has 2 aromatic rings. The van der Waals surface area contributed by atoms with Gasteiger partial charge in [0.2, 0.25) is 0 Å². The number of hydrogen-bond acceptors (Lipinski definition) is 4. The minimum Gasteiger partial charge on any atom is -0.369 e. The average Bonchev–Trinajstić information content (AvgIpc) is 2.49. The first-order chi connectivity index (χ1) is 10.1. The third-order valence-electron chi connectivity index (χ3n) is 2.90. The van der Waals surface area contributed by atoms with Gasteiger partial charge in [0, 0.05) is 26.0 Å². The van der Waals surface area contributed by atoms with Crippen LogP contribution in [0.4, 0.5) is 5.82 Å². The first-order valence-electron chi connectivity index (χ1n) is 6.66. The van der Waals surface area contributed by atoms with E-state index in [-0.39, 0.29) is 5.91 Å². The zero-order valence-electron chi connectivity index (χ0n) is 12.0. The Balaban J connectivity index is 2.10. The second-order valence-corrected chi connectivity index (χ2v) is 4.97. The maximum Gasteiger partial charge on any atom is 0.255 e. The van der Waals surface area contributed by atoms with E-state index in [1.54, 1.807) is 24.2 Å². The summed E-state index contributed by atoms with van der Waals surface area (Å²) in [5.41, 5.74) is 1.29. The van der Waals surface area contributed by atoms with E-state index in [2.05, 4.69) is 15.3 Å². The molecule has 5 nitrogen and oxygen atoms in total. The lowest BCUT2D eigenvalue weighted by molar-refractivity contribution is 0.0783. The average molecular weight is 305 g/mol. The zero-order valence-corrected chi connectivity index (χ0v) is 12.8. The molecule has 2 heterocycles. The van der Waals surface area contributed by atoms with Crippen molar-refractivity contribution < 1.29 is 4.79 Å². The maximum atomic E-state index is 12.3. The second-order valence-electron chi connectivity index (χ2n) is 4.57. The highest BCUT2D eigenvalue weighted by molar-refractivity contribution is 6.33. The molecule has 0 fully saturated rings. The quantitative estimate of drug-likeness (QED) is 0.923. The number of halogens is 1. The topological polar surface area (TPSA) is 58.1 Å². The fourth-order valence-corrected chi connectivity index (χ4v) is 2.11. The molecule has 2 aromatic heterocycles. The smallest absolute Gasteiger partial charge is 0.255 e. The van der Waals surface area contributed by atoms with Crippen molar-refractivity contribution in [2.24, 2.45) is 0 Å². The number of nitrogens with zero attached hydrogens (tertiary/aromatic N) is 3. The van der Waals surface area contributed by atoms with Crippen LogP contribution in [0.1, 0.15) is 23.0 Å². The van der Waals surface area contributed by atoms with Crippen molar-refractivity contribution in [3.63, 3.8) is 0 Å². The Kier molecular flexibility index (Phi) is 5.11.